The van der Waals surface area contributed by atoms with Gasteiger partial charge >= 0.3 is 0 Å². The number of aromatic nitrogens is 2. The highest BCUT2D eigenvalue weighted by Crippen LogP contribution is 2.29. The molecule has 0 unspecified atom stereocenters. The van der Waals surface area contributed by atoms with Crippen molar-refractivity contribution in [2.45, 2.75) is 12.8 Å². The van der Waals surface area contributed by atoms with Crippen LogP contribution in [0.2, 0.25) is 0 Å². The Kier molecular flexibility index (Phi) is 1.69. The predicted octanol–water partition coefficient (Wildman–Crippen LogP) is 2.12. The highest BCUT2D eigenvalue weighted by Gasteiger charge is 2.22. The molecule has 2 aromatic rings. The van der Waals surface area contributed by atoms with Gasteiger partial charge in [0.25, 0.3) is 0 Å². The smallest absolute Gasteiger partial charge is 0.233 e. The van der Waals surface area contributed by atoms with Gasteiger partial charge in [-0.15, -0.1) is 5.10 Å². The number of rotatable bonds is 3. The third-order valence-electron chi connectivity index (χ3n) is 2.51. The van der Waals surface area contributed by atoms with E-state index >= 15 is 0 Å². The maximum atomic E-state index is 5.58. The topological polar surface area (TPSA) is 26.5 Å². The minimum Gasteiger partial charge on any atom is -0.476 e. The Bertz CT molecular complexity index is 412. The van der Waals surface area contributed by atoms with Crippen molar-refractivity contribution in [3.05, 3.63) is 30.5 Å². The first-order valence-corrected chi connectivity index (χ1v) is 4.99. The first-order valence-electron chi connectivity index (χ1n) is 4.99. The SMILES string of the molecule is c1ccn2nc(OCC3CC3)cc2c1. The van der Waals surface area contributed by atoms with Gasteiger partial charge in [0.2, 0.25) is 5.88 Å². The van der Waals surface area contributed by atoms with Crippen molar-refractivity contribution in [2.75, 3.05) is 6.61 Å². The van der Waals surface area contributed by atoms with Crippen LogP contribution in [0.5, 0.6) is 5.88 Å². The van der Waals surface area contributed by atoms with Gasteiger partial charge in [-0.05, 0) is 30.9 Å². The molecule has 3 nitrogen and oxygen atoms in total. The van der Waals surface area contributed by atoms with Gasteiger partial charge in [0.1, 0.15) is 0 Å². The lowest BCUT2D eigenvalue weighted by atomic mass is 10.4. The molecule has 1 fully saturated rings. The molecule has 0 N–H and O–H groups in total. The average molecular weight is 188 g/mol. The monoisotopic (exact) mass is 188 g/mol. The first-order chi connectivity index (χ1) is 6.92. The quantitative estimate of drug-likeness (QED) is 0.737. The van der Waals surface area contributed by atoms with Gasteiger partial charge in [0.15, 0.2) is 0 Å². The molecule has 0 amide bonds. The van der Waals surface area contributed by atoms with Crippen LogP contribution >= 0.6 is 0 Å². The average Bonchev–Trinajstić information content (AvgIpc) is 2.94. The molecule has 0 aromatic carbocycles. The molecule has 14 heavy (non-hydrogen) atoms. The summed E-state index contributed by atoms with van der Waals surface area (Å²) in [7, 11) is 0. The van der Waals surface area contributed by atoms with E-state index in [1.807, 2.05) is 35.0 Å². The number of nitrogens with zero attached hydrogens (tertiary/aromatic N) is 2. The van der Waals surface area contributed by atoms with E-state index in [9.17, 15) is 0 Å². The summed E-state index contributed by atoms with van der Waals surface area (Å²) in [5, 5.41) is 4.31. The molecule has 72 valence electrons. The van der Waals surface area contributed by atoms with Gasteiger partial charge in [-0.25, -0.2) is 4.52 Å². The van der Waals surface area contributed by atoms with E-state index in [1.165, 1.54) is 12.8 Å². The van der Waals surface area contributed by atoms with E-state index in [0.29, 0.717) is 0 Å². The van der Waals surface area contributed by atoms with Crippen molar-refractivity contribution in [2.24, 2.45) is 5.92 Å². The number of ether oxygens (including phenoxy) is 1. The zero-order valence-corrected chi connectivity index (χ0v) is 7.89. The lowest BCUT2D eigenvalue weighted by Crippen LogP contribution is -1.99. The molecule has 0 aliphatic heterocycles. The molecular weight excluding hydrogens is 176 g/mol. The van der Waals surface area contributed by atoms with Crippen molar-refractivity contribution in [1.29, 1.82) is 0 Å². The zero-order chi connectivity index (χ0) is 9.38. The summed E-state index contributed by atoms with van der Waals surface area (Å²) in [6, 6.07) is 7.96. The van der Waals surface area contributed by atoms with Crippen molar-refractivity contribution in [1.82, 2.24) is 9.61 Å². The lowest BCUT2D eigenvalue weighted by Gasteiger charge is -1.98. The molecule has 0 atom stereocenters. The molecule has 1 saturated carbocycles. The molecule has 2 aromatic heterocycles. The van der Waals surface area contributed by atoms with E-state index in [4.69, 9.17) is 4.74 Å². The number of pyridine rings is 1. The van der Waals surface area contributed by atoms with Crippen LogP contribution in [0.25, 0.3) is 5.52 Å². The van der Waals surface area contributed by atoms with Crippen LogP contribution in [0.15, 0.2) is 30.5 Å². The lowest BCUT2D eigenvalue weighted by molar-refractivity contribution is 0.287. The van der Waals surface area contributed by atoms with Crippen molar-refractivity contribution < 1.29 is 4.74 Å². The summed E-state index contributed by atoms with van der Waals surface area (Å²) in [6.45, 7) is 0.823. The van der Waals surface area contributed by atoms with Crippen LogP contribution in [0.3, 0.4) is 0 Å². The van der Waals surface area contributed by atoms with Crippen molar-refractivity contribution >= 4 is 5.52 Å². The molecule has 0 radical (unpaired) electrons. The minimum atomic E-state index is 0.739. The van der Waals surface area contributed by atoms with Crippen molar-refractivity contribution in [3.8, 4) is 5.88 Å². The Balaban J connectivity index is 1.82. The molecule has 1 aliphatic rings. The van der Waals surface area contributed by atoms with E-state index < -0.39 is 0 Å². The molecule has 2 heterocycles. The fourth-order valence-electron chi connectivity index (χ4n) is 1.47. The van der Waals surface area contributed by atoms with E-state index in [1.54, 1.807) is 0 Å². The normalized spacial score (nSPS) is 16.0. The van der Waals surface area contributed by atoms with Crippen LogP contribution in [-0.2, 0) is 0 Å². The van der Waals surface area contributed by atoms with Gasteiger partial charge in [0.05, 0.1) is 12.1 Å². The summed E-state index contributed by atoms with van der Waals surface area (Å²) >= 11 is 0. The molecule has 0 saturated heterocycles. The maximum Gasteiger partial charge on any atom is 0.233 e. The summed E-state index contributed by atoms with van der Waals surface area (Å²) < 4.78 is 7.42. The molecule has 0 spiro atoms. The highest BCUT2D eigenvalue weighted by molar-refractivity contribution is 5.48. The van der Waals surface area contributed by atoms with Crippen LogP contribution in [0, 0.1) is 5.92 Å². The summed E-state index contributed by atoms with van der Waals surface area (Å²) in [4.78, 5) is 0. The number of hydrogen-bond donors (Lipinski definition) is 0. The highest BCUT2D eigenvalue weighted by atomic mass is 16.5. The van der Waals surface area contributed by atoms with Crippen molar-refractivity contribution in [3.63, 3.8) is 0 Å². The van der Waals surface area contributed by atoms with Crippen LogP contribution in [-0.4, -0.2) is 16.2 Å². The molecular formula is C11H12N2O. The fraction of sp³-hybridized carbons (Fsp3) is 0.364. The molecule has 3 rings (SSSR count). The Hall–Kier alpha value is -1.51. The second kappa shape index (κ2) is 3.01. The van der Waals surface area contributed by atoms with E-state index in [0.717, 1.165) is 23.9 Å². The third-order valence-corrected chi connectivity index (χ3v) is 2.51. The summed E-state index contributed by atoms with van der Waals surface area (Å²) in [5.74, 6) is 1.52. The summed E-state index contributed by atoms with van der Waals surface area (Å²) in [6.07, 6.45) is 4.56. The van der Waals surface area contributed by atoms with Gasteiger partial charge < -0.3 is 4.74 Å². The van der Waals surface area contributed by atoms with Gasteiger partial charge in [-0.1, -0.05) is 6.07 Å². The Morgan fingerprint density at radius 2 is 2.36 bits per heavy atom. The number of fused-ring (bicyclic) bond motifs is 1. The van der Waals surface area contributed by atoms with E-state index in [-0.39, 0.29) is 0 Å². The second-order valence-corrected chi connectivity index (χ2v) is 3.81. The standard InChI is InChI=1S/C11H12N2O/c1-2-6-13-10(3-1)7-11(12-13)14-8-9-4-5-9/h1-3,6-7,9H,4-5,8H2. The summed E-state index contributed by atoms with van der Waals surface area (Å²) in [5.41, 5.74) is 1.08. The van der Waals surface area contributed by atoms with Gasteiger partial charge in [0, 0.05) is 12.3 Å². The third kappa shape index (κ3) is 1.45. The Morgan fingerprint density at radius 3 is 3.14 bits per heavy atom. The van der Waals surface area contributed by atoms with Crippen LogP contribution < -0.4 is 4.74 Å². The van der Waals surface area contributed by atoms with Crippen LogP contribution in [0.4, 0.5) is 0 Å². The van der Waals surface area contributed by atoms with E-state index in [2.05, 4.69) is 5.10 Å². The zero-order valence-electron chi connectivity index (χ0n) is 7.89. The van der Waals surface area contributed by atoms with Gasteiger partial charge in [-0.3, -0.25) is 0 Å². The minimum absolute atomic E-state index is 0.739. The first kappa shape index (κ1) is 7.85. The Labute approximate surface area is 82.3 Å². The second-order valence-electron chi connectivity index (χ2n) is 3.81. The fourth-order valence-corrected chi connectivity index (χ4v) is 1.47. The van der Waals surface area contributed by atoms with Crippen LogP contribution in [0.1, 0.15) is 12.8 Å². The Morgan fingerprint density at radius 1 is 1.43 bits per heavy atom. The molecule has 0 bridgehead atoms. The molecule has 3 heteroatoms. The largest absolute Gasteiger partial charge is 0.476 e. The van der Waals surface area contributed by atoms with Gasteiger partial charge in [-0.2, -0.15) is 0 Å². The maximum absolute atomic E-state index is 5.58. The predicted molar refractivity (Wildman–Crippen MR) is 53.4 cm³/mol. The number of hydrogen-bond acceptors (Lipinski definition) is 2. The molecule has 1 aliphatic carbocycles.